The van der Waals surface area contributed by atoms with Crippen LogP contribution in [0.1, 0.15) is 57.8 Å². The number of imidazole rings is 1. The number of nitrogens with one attached hydrogen (secondary N) is 2. The molecule has 0 saturated carbocycles. The molecule has 2 aromatic heterocycles. The molecule has 1 atom stereocenters. The third-order valence-corrected chi connectivity index (χ3v) is 7.00. The fraction of sp³-hybridized carbons (Fsp3) is 0.467. The van der Waals surface area contributed by atoms with E-state index in [1.165, 1.54) is 24.6 Å². The molecule has 1 aliphatic rings. The molecule has 4 rings (SSSR count). The average Bonchev–Trinajstić information content (AvgIpc) is 3.31. The van der Waals surface area contributed by atoms with Crippen LogP contribution in [0, 0.1) is 0 Å². The van der Waals surface area contributed by atoms with E-state index in [0.29, 0.717) is 31.3 Å². The standard InChI is InChI=1S/C30H39N7O6/c1-7-8-16-36-24-25(33-27(36)35-15-11-12-20(17-35)32-28(41)43-30(3,4)5)34(6)29(42)37(26(24)40)18-23(39)21-13-9-10-14-22(21)31-19(2)38/h7-10,13-14,20H,11-12,15-18H2,1-6H3,(H,31,38)(H,32,41). The molecular weight excluding hydrogens is 554 g/mol. The molecule has 1 aromatic carbocycles. The van der Waals surface area contributed by atoms with Crippen LogP contribution >= 0.6 is 0 Å². The molecule has 0 bridgehead atoms. The molecule has 3 heterocycles. The molecule has 3 aromatic rings. The van der Waals surface area contributed by atoms with Gasteiger partial charge >= 0.3 is 11.8 Å². The topological polar surface area (TPSA) is 150 Å². The molecule has 13 nitrogen and oxygen atoms in total. The number of allylic oxidation sites excluding steroid dienone is 2. The zero-order valence-electron chi connectivity index (χ0n) is 25.5. The Morgan fingerprint density at radius 2 is 1.86 bits per heavy atom. The number of piperidine rings is 1. The van der Waals surface area contributed by atoms with Crippen LogP contribution in [0.25, 0.3) is 11.2 Å². The lowest BCUT2D eigenvalue weighted by Gasteiger charge is -2.34. The normalized spacial score (nSPS) is 15.6. The maximum atomic E-state index is 13.9. The van der Waals surface area contributed by atoms with Crippen LogP contribution < -0.4 is 26.8 Å². The zero-order chi connectivity index (χ0) is 31.5. The fourth-order valence-electron chi connectivity index (χ4n) is 5.13. The van der Waals surface area contributed by atoms with E-state index in [1.54, 1.807) is 43.5 Å². The third kappa shape index (κ3) is 7.04. The van der Waals surface area contributed by atoms with E-state index in [9.17, 15) is 24.0 Å². The number of aryl methyl sites for hydroxylation is 1. The van der Waals surface area contributed by atoms with Gasteiger partial charge in [-0.3, -0.25) is 23.5 Å². The summed E-state index contributed by atoms with van der Waals surface area (Å²) in [6.07, 6.45) is 4.73. The van der Waals surface area contributed by atoms with Crippen molar-refractivity contribution in [1.29, 1.82) is 0 Å². The van der Waals surface area contributed by atoms with Crippen molar-refractivity contribution in [3.05, 3.63) is 62.8 Å². The number of alkyl carbamates (subject to hydrolysis) is 1. The van der Waals surface area contributed by atoms with Gasteiger partial charge in [0.25, 0.3) is 5.56 Å². The van der Waals surface area contributed by atoms with Gasteiger partial charge in [-0.05, 0) is 52.7 Å². The first-order valence-electron chi connectivity index (χ1n) is 14.3. The van der Waals surface area contributed by atoms with Gasteiger partial charge in [-0.25, -0.2) is 9.59 Å². The molecule has 43 heavy (non-hydrogen) atoms. The van der Waals surface area contributed by atoms with Gasteiger partial charge in [0.1, 0.15) is 5.60 Å². The zero-order valence-corrected chi connectivity index (χ0v) is 25.5. The van der Waals surface area contributed by atoms with Gasteiger partial charge in [0.2, 0.25) is 11.9 Å². The number of amides is 2. The van der Waals surface area contributed by atoms with E-state index in [2.05, 4.69) is 10.6 Å². The fourth-order valence-corrected chi connectivity index (χ4v) is 5.13. The highest BCUT2D eigenvalue weighted by Gasteiger charge is 2.29. The highest BCUT2D eigenvalue weighted by atomic mass is 16.6. The number of ether oxygens (including phenoxy) is 1. The van der Waals surface area contributed by atoms with Crippen LogP contribution in [0.2, 0.25) is 0 Å². The highest BCUT2D eigenvalue weighted by molar-refractivity contribution is 6.04. The number of anilines is 2. The Hall–Kier alpha value is -4.68. The molecule has 1 fully saturated rings. The predicted molar refractivity (Wildman–Crippen MR) is 164 cm³/mol. The smallest absolute Gasteiger partial charge is 0.407 e. The number of nitrogens with zero attached hydrogens (tertiary/aromatic N) is 5. The van der Waals surface area contributed by atoms with Crippen LogP contribution in [0.4, 0.5) is 16.4 Å². The van der Waals surface area contributed by atoms with Gasteiger partial charge in [-0.2, -0.15) is 4.98 Å². The average molecular weight is 594 g/mol. The first-order chi connectivity index (χ1) is 20.3. The Labute approximate surface area is 249 Å². The number of rotatable bonds is 8. The summed E-state index contributed by atoms with van der Waals surface area (Å²) in [5.41, 5.74) is -1.10. The van der Waals surface area contributed by atoms with Crippen molar-refractivity contribution >= 4 is 40.6 Å². The first kappa shape index (κ1) is 31.3. The van der Waals surface area contributed by atoms with Crippen LogP contribution in [0.5, 0.6) is 0 Å². The number of para-hydroxylation sites is 1. The largest absolute Gasteiger partial charge is 0.444 e. The van der Waals surface area contributed by atoms with Crippen molar-refractivity contribution in [2.45, 2.75) is 72.2 Å². The number of hydrogen-bond donors (Lipinski definition) is 2. The van der Waals surface area contributed by atoms with E-state index < -0.39 is 35.3 Å². The number of Topliss-reactive ketones (excluding diaryl/α,β-unsaturated/α-hetero) is 1. The van der Waals surface area contributed by atoms with E-state index >= 15 is 0 Å². The number of carbonyl (C=O) groups is 3. The second-order valence-corrected chi connectivity index (χ2v) is 11.6. The minimum Gasteiger partial charge on any atom is -0.444 e. The Morgan fingerprint density at radius 3 is 2.53 bits per heavy atom. The van der Waals surface area contributed by atoms with Gasteiger partial charge in [-0.15, -0.1) is 0 Å². The number of aromatic nitrogens is 4. The lowest BCUT2D eigenvalue weighted by Crippen LogP contribution is -2.49. The SMILES string of the molecule is CC=CCn1c(N2CCCC(NC(=O)OC(C)(C)C)C2)nc2c1c(=O)n(CC(=O)c1ccccc1NC(C)=O)c(=O)n2C. The van der Waals surface area contributed by atoms with Gasteiger partial charge in [0.15, 0.2) is 16.9 Å². The Kier molecular flexibility index (Phi) is 9.22. The summed E-state index contributed by atoms with van der Waals surface area (Å²) >= 11 is 0. The quantitative estimate of drug-likeness (QED) is 0.299. The molecular formula is C30H39N7O6. The molecule has 0 radical (unpaired) electrons. The minimum atomic E-state index is -0.687. The molecule has 13 heteroatoms. The Bertz CT molecular complexity index is 1690. The van der Waals surface area contributed by atoms with Crippen LogP contribution in [0.15, 0.2) is 46.0 Å². The van der Waals surface area contributed by atoms with Crippen LogP contribution in [0.3, 0.4) is 0 Å². The summed E-state index contributed by atoms with van der Waals surface area (Å²) in [6, 6.07) is 6.23. The molecule has 1 unspecified atom stereocenters. The second-order valence-electron chi connectivity index (χ2n) is 11.6. The maximum absolute atomic E-state index is 13.9. The number of carbonyl (C=O) groups excluding carboxylic acids is 3. The van der Waals surface area contributed by atoms with Crippen molar-refractivity contribution < 1.29 is 19.1 Å². The van der Waals surface area contributed by atoms with Gasteiger partial charge in [-0.1, -0.05) is 24.3 Å². The van der Waals surface area contributed by atoms with E-state index in [4.69, 9.17) is 9.72 Å². The Morgan fingerprint density at radius 1 is 1.14 bits per heavy atom. The van der Waals surface area contributed by atoms with Crippen LogP contribution in [-0.2, 0) is 29.7 Å². The van der Waals surface area contributed by atoms with E-state index in [1.807, 2.05) is 24.0 Å². The Balaban J connectivity index is 1.74. The number of hydrogen-bond acceptors (Lipinski definition) is 8. The number of ketones is 1. The van der Waals surface area contributed by atoms with Crippen molar-refractivity contribution in [2.24, 2.45) is 7.05 Å². The predicted octanol–water partition coefficient (Wildman–Crippen LogP) is 2.81. The van der Waals surface area contributed by atoms with Crippen molar-refractivity contribution in [1.82, 2.24) is 24.0 Å². The lowest BCUT2D eigenvalue weighted by molar-refractivity contribution is -0.114. The third-order valence-electron chi connectivity index (χ3n) is 7.00. The lowest BCUT2D eigenvalue weighted by atomic mass is 10.1. The first-order valence-corrected chi connectivity index (χ1v) is 14.3. The van der Waals surface area contributed by atoms with Crippen molar-refractivity contribution in [2.75, 3.05) is 23.3 Å². The van der Waals surface area contributed by atoms with Gasteiger partial charge < -0.3 is 24.8 Å². The highest BCUT2D eigenvalue weighted by Crippen LogP contribution is 2.24. The maximum Gasteiger partial charge on any atom is 0.407 e. The van der Waals surface area contributed by atoms with Gasteiger partial charge in [0, 0.05) is 45.2 Å². The number of benzene rings is 1. The molecule has 2 N–H and O–H groups in total. The molecule has 1 saturated heterocycles. The molecule has 0 spiro atoms. The monoisotopic (exact) mass is 593 g/mol. The number of fused-ring (bicyclic) bond motifs is 1. The van der Waals surface area contributed by atoms with Gasteiger partial charge in [0.05, 0.1) is 12.2 Å². The summed E-state index contributed by atoms with van der Waals surface area (Å²) in [5.74, 6) is -0.373. The molecule has 0 aliphatic carbocycles. The van der Waals surface area contributed by atoms with E-state index in [0.717, 1.165) is 17.4 Å². The second kappa shape index (κ2) is 12.7. The molecule has 230 valence electrons. The van der Waals surface area contributed by atoms with E-state index in [-0.39, 0.29) is 28.7 Å². The van der Waals surface area contributed by atoms with Crippen molar-refractivity contribution in [3.63, 3.8) is 0 Å². The summed E-state index contributed by atoms with van der Waals surface area (Å²) in [4.78, 5) is 71.5. The molecule has 1 aliphatic heterocycles. The summed E-state index contributed by atoms with van der Waals surface area (Å²) in [6.45, 7) is 9.44. The van der Waals surface area contributed by atoms with Crippen molar-refractivity contribution in [3.8, 4) is 0 Å². The summed E-state index contributed by atoms with van der Waals surface area (Å²) in [5, 5.41) is 5.54. The van der Waals surface area contributed by atoms with Crippen LogP contribution in [-0.4, -0.2) is 61.2 Å². The minimum absolute atomic E-state index is 0.181. The molecule has 2 amide bonds. The summed E-state index contributed by atoms with van der Waals surface area (Å²) in [7, 11) is 1.51. The summed E-state index contributed by atoms with van der Waals surface area (Å²) < 4.78 is 9.32.